The first-order chi connectivity index (χ1) is 8.17. The van der Waals surface area contributed by atoms with Crippen LogP contribution in [0.3, 0.4) is 0 Å². The molecule has 2 aromatic rings. The third-order valence-electron chi connectivity index (χ3n) is 3.54. The maximum absolute atomic E-state index is 3.31. The van der Waals surface area contributed by atoms with Gasteiger partial charge in [-0.15, -0.1) is 0 Å². The molecule has 1 unspecified atom stereocenters. The van der Waals surface area contributed by atoms with Crippen molar-refractivity contribution < 1.29 is 0 Å². The zero-order valence-electron chi connectivity index (χ0n) is 11.2. The lowest BCUT2D eigenvalue weighted by Gasteiger charge is -2.08. The van der Waals surface area contributed by atoms with Crippen LogP contribution in [0.5, 0.6) is 0 Å². The highest BCUT2D eigenvalue weighted by molar-refractivity contribution is 5.86. The molecule has 0 saturated heterocycles. The van der Waals surface area contributed by atoms with Crippen molar-refractivity contribution in [2.24, 2.45) is 0 Å². The van der Waals surface area contributed by atoms with Crippen molar-refractivity contribution in [3.8, 4) is 0 Å². The van der Waals surface area contributed by atoms with E-state index in [0.717, 1.165) is 13.0 Å². The zero-order chi connectivity index (χ0) is 12.4. The molecule has 0 saturated carbocycles. The lowest BCUT2D eigenvalue weighted by Crippen LogP contribution is -2.23. The van der Waals surface area contributed by atoms with E-state index >= 15 is 0 Å². The van der Waals surface area contributed by atoms with Gasteiger partial charge in [0.1, 0.15) is 0 Å². The van der Waals surface area contributed by atoms with Gasteiger partial charge in [0, 0.05) is 24.2 Å². The maximum Gasteiger partial charge on any atom is 0.0512 e. The first-order valence-electron chi connectivity index (χ1n) is 6.42. The number of para-hydroxylation sites is 1. The number of fused-ring (bicyclic) bond motifs is 1. The number of likely N-dealkylation sites (N-methyl/N-ethyl adjacent to an activating group) is 1. The SMILES string of the molecule is CCn1cc(CC(C)NC)c2cccc(C)c21. The first-order valence-corrected chi connectivity index (χ1v) is 6.42. The highest BCUT2D eigenvalue weighted by atomic mass is 15.0. The van der Waals surface area contributed by atoms with E-state index in [4.69, 9.17) is 0 Å². The quantitative estimate of drug-likeness (QED) is 0.854. The fourth-order valence-electron chi connectivity index (χ4n) is 2.47. The second kappa shape index (κ2) is 4.92. The molecule has 92 valence electrons. The van der Waals surface area contributed by atoms with Gasteiger partial charge in [0.05, 0.1) is 5.52 Å². The van der Waals surface area contributed by atoms with Crippen molar-refractivity contribution in [2.75, 3.05) is 7.05 Å². The molecule has 0 radical (unpaired) electrons. The van der Waals surface area contributed by atoms with Gasteiger partial charge in [-0.1, -0.05) is 18.2 Å². The van der Waals surface area contributed by atoms with Crippen LogP contribution in [-0.2, 0) is 13.0 Å². The summed E-state index contributed by atoms with van der Waals surface area (Å²) in [6.07, 6.45) is 3.40. The normalized spacial score (nSPS) is 13.2. The monoisotopic (exact) mass is 230 g/mol. The zero-order valence-corrected chi connectivity index (χ0v) is 11.2. The van der Waals surface area contributed by atoms with E-state index in [9.17, 15) is 0 Å². The van der Waals surface area contributed by atoms with Gasteiger partial charge in [-0.05, 0) is 45.4 Å². The van der Waals surface area contributed by atoms with E-state index in [2.05, 4.69) is 55.1 Å². The van der Waals surface area contributed by atoms with E-state index in [1.807, 2.05) is 7.05 Å². The summed E-state index contributed by atoms with van der Waals surface area (Å²) in [6, 6.07) is 7.11. The summed E-state index contributed by atoms with van der Waals surface area (Å²) < 4.78 is 2.36. The number of aromatic nitrogens is 1. The van der Waals surface area contributed by atoms with Gasteiger partial charge in [0.15, 0.2) is 0 Å². The minimum atomic E-state index is 0.520. The van der Waals surface area contributed by atoms with E-state index in [1.54, 1.807) is 0 Å². The third-order valence-corrected chi connectivity index (χ3v) is 3.54. The summed E-state index contributed by atoms with van der Waals surface area (Å²) in [6.45, 7) is 7.66. The van der Waals surface area contributed by atoms with Gasteiger partial charge in [-0.3, -0.25) is 0 Å². The Balaban J connectivity index is 2.53. The summed E-state index contributed by atoms with van der Waals surface area (Å²) in [7, 11) is 2.02. The molecule has 1 aromatic heterocycles. The van der Waals surface area contributed by atoms with Crippen LogP contribution in [0.25, 0.3) is 10.9 Å². The molecule has 1 heterocycles. The molecular weight excluding hydrogens is 208 g/mol. The Morgan fingerprint density at radius 2 is 2.12 bits per heavy atom. The van der Waals surface area contributed by atoms with Crippen molar-refractivity contribution in [2.45, 2.75) is 39.8 Å². The fraction of sp³-hybridized carbons (Fsp3) is 0.467. The molecule has 0 aliphatic carbocycles. The fourth-order valence-corrected chi connectivity index (χ4v) is 2.47. The van der Waals surface area contributed by atoms with E-state index < -0.39 is 0 Å². The minimum absolute atomic E-state index is 0.520. The van der Waals surface area contributed by atoms with Crippen molar-refractivity contribution in [1.29, 1.82) is 0 Å². The third kappa shape index (κ3) is 2.22. The number of benzene rings is 1. The molecular formula is C15H22N2. The molecule has 2 rings (SSSR count). The molecule has 1 N–H and O–H groups in total. The second-order valence-electron chi connectivity index (χ2n) is 4.81. The van der Waals surface area contributed by atoms with Crippen molar-refractivity contribution in [1.82, 2.24) is 9.88 Å². The van der Waals surface area contributed by atoms with Crippen LogP contribution in [0.15, 0.2) is 24.4 Å². The Kier molecular flexibility index (Phi) is 3.53. The van der Waals surface area contributed by atoms with Crippen molar-refractivity contribution in [3.63, 3.8) is 0 Å². The first kappa shape index (κ1) is 12.2. The highest BCUT2D eigenvalue weighted by Gasteiger charge is 2.11. The molecule has 17 heavy (non-hydrogen) atoms. The smallest absolute Gasteiger partial charge is 0.0512 e. The molecule has 0 aliphatic heterocycles. The summed E-state index contributed by atoms with van der Waals surface area (Å²) in [5.74, 6) is 0. The molecule has 0 amide bonds. The number of hydrogen-bond acceptors (Lipinski definition) is 1. The lowest BCUT2D eigenvalue weighted by atomic mass is 10.0. The molecule has 0 fully saturated rings. The summed E-state index contributed by atoms with van der Waals surface area (Å²) in [5.41, 5.74) is 4.22. The number of nitrogens with one attached hydrogen (secondary N) is 1. The van der Waals surface area contributed by atoms with Gasteiger partial charge in [0.2, 0.25) is 0 Å². The molecule has 2 heteroatoms. The summed E-state index contributed by atoms with van der Waals surface area (Å²) in [4.78, 5) is 0. The molecule has 1 atom stereocenters. The van der Waals surface area contributed by atoms with Crippen LogP contribution >= 0.6 is 0 Å². The number of rotatable bonds is 4. The Bertz CT molecular complexity index is 511. The molecule has 0 spiro atoms. The maximum atomic E-state index is 3.31. The predicted octanol–water partition coefficient (Wildman–Crippen LogP) is 3.12. The highest BCUT2D eigenvalue weighted by Crippen LogP contribution is 2.25. The number of aryl methyl sites for hydroxylation is 2. The van der Waals surface area contributed by atoms with Gasteiger partial charge in [-0.2, -0.15) is 0 Å². The standard InChI is InChI=1S/C15H22N2/c1-5-17-10-13(9-12(3)16-4)14-8-6-7-11(2)15(14)17/h6-8,10,12,16H,5,9H2,1-4H3. The average molecular weight is 230 g/mol. The van der Waals surface area contributed by atoms with Gasteiger partial charge in [-0.25, -0.2) is 0 Å². The van der Waals surface area contributed by atoms with Crippen molar-refractivity contribution >= 4 is 10.9 Å². The van der Waals surface area contributed by atoms with Crippen LogP contribution in [0.1, 0.15) is 25.0 Å². The molecule has 2 nitrogen and oxygen atoms in total. The van der Waals surface area contributed by atoms with Crippen LogP contribution in [0.2, 0.25) is 0 Å². The second-order valence-corrected chi connectivity index (χ2v) is 4.81. The number of hydrogen-bond donors (Lipinski definition) is 1. The molecule has 0 aliphatic rings. The average Bonchev–Trinajstić information content (AvgIpc) is 2.69. The van der Waals surface area contributed by atoms with Crippen LogP contribution in [-0.4, -0.2) is 17.7 Å². The minimum Gasteiger partial charge on any atom is -0.347 e. The van der Waals surface area contributed by atoms with Gasteiger partial charge < -0.3 is 9.88 Å². The Morgan fingerprint density at radius 3 is 2.76 bits per heavy atom. The van der Waals surface area contributed by atoms with E-state index in [0.29, 0.717) is 6.04 Å². The van der Waals surface area contributed by atoms with Gasteiger partial charge in [0.25, 0.3) is 0 Å². The van der Waals surface area contributed by atoms with Crippen LogP contribution < -0.4 is 5.32 Å². The number of nitrogens with zero attached hydrogens (tertiary/aromatic N) is 1. The van der Waals surface area contributed by atoms with Crippen molar-refractivity contribution in [3.05, 3.63) is 35.5 Å². The predicted molar refractivity (Wildman–Crippen MR) is 74.6 cm³/mol. The van der Waals surface area contributed by atoms with Crippen LogP contribution in [0, 0.1) is 6.92 Å². The Hall–Kier alpha value is -1.28. The lowest BCUT2D eigenvalue weighted by molar-refractivity contribution is 0.609. The molecule has 1 aromatic carbocycles. The van der Waals surface area contributed by atoms with E-state index in [1.165, 1.54) is 22.0 Å². The topological polar surface area (TPSA) is 17.0 Å². The largest absolute Gasteiger partial charge is 0.347 e. The Labute approximate surface area is 104 Å². The van der Waals surface area contributed by atoms with E-state index in [-0.39, 0.29) is 0 Å². The Morgan fingerprint density at radius 1 is 1.35 bits per heavy atom. The van der Waals surface area contributed by atoms with Crippen LogP contribution in [0.4, 0.5) is 0 Å². The summed E-state index contributed by atoms with van der Waals surface area (Å²) >= 11 is 0. The molecule has 0 bridgehead atoms. The van der Waals surface area contributed by atoms with Gasteiger partial charge >= 0.3 is 0 Å². The summed E-state index contributed by atoms with van der Waals surface area (Å²) in [5, 5.41) is 4.72.